The summed E-state index contributed by atoms with van der Waals surface area (Å²) >= 11 is 1.77. The fraction of sp³-hybridized carbons (Fsp3) is 0.700. The maximum absolute atomic E-state index is 10.6. The Hall–Kier alpha value is -1.94. The summed E-state index contributed by atoms with van der Waals surface area (Å²) in [6.07, 6.45) is -7.55. The lowest BCUT2D eigenvalue weighted by molar-refractivity contribution is -0.193. The number of alkyl halides is 6. The number of likely N-dealkylation sites (N-methyl/N-ethyl adjacent to an activating group) is 1. The van der Waals surface area contributed by atoms with E-state index >= 15 is 0 Å². The lowest BCUT2D eigenvalue weighted by Crippen LogP contribution is -2.44. The first-order chi connectivity index (χ1) is 16.0. The summed E-state index contributed by atoms with van der Waals surface area (Å²) in [5.41, 5.74) is 1.31. The zero-order valence-electron chi connectivity index (χ0n) is 19.1. The third kappa shape index (κ3) is 12.0. The Morgan fingerprint density at radius 2 is 1.74 bits per heavy atom. The predicted molar refractivity (Wildman–Crippen MR) is 113 cm³/mol. The molecule has 2 aliphatic heterocycles. The van der Waals surface area contributed by atoms with E-state index in [-0.39, 0.29) is 5.60 Å². The molecule has 1 aromatic heterocycles. The Balaban J connectivity index is 0.000000362. The van der Waals surface area contributed by atoms with E-state index in [0.29, 0.717) is 6.10 Å². The van der Waals surface area contributed by atoms with Gasteiger partial charge < -0.3 is 24.6 Å². The van der Waals surface area contributed by atoms with Gasteiger partial charge in [-0.05, 0) is 49.3 Å². The Labute approximate surface area is 202 Å². The lowest BCUT2D eigenvalue weighted by atomic mass is 10.00. The second kappa shape index (κ2) is 13.4. The van der Waals surface area contributed by atoms with Crippen LogP contribution < -0.4 is 0 Å². The van der Waals surface area contributed by atoms with Crippen LogP contribution >= 0.6 is 11.3 Å². The van der Waals surface area contributed by atoms with E-state index in [9.17, 15) is 26.3 Å². The van der Waals surface area contributed by atoms with Crippen LogP contribution in [-0.4, -0.2) is 103 Å². The number of rotatable bonds is 4. The minimum atomic E-state index is -5.08. The minimum absolute atomic E-state index is 0.0901. The van der Waals surface area contributed by atoms with Crippen molar-refractivity contribution in [1.82, 2.24) is 9.80 Å². The predicted octanol–water partition coefficient (Wildman–Crippen LogP) is 3.33. The third-order valence-electron chi connectivity index (χ3n) is 4.81. The highest BCUT2D eigenvalue weighted by molar-refractivity contribution is 7.07. The van der Waals surface area contributed by atoms with Gasteiger partial charge >= 0.3 is 24.3 Å². The summed E-state index contributed by atoms with van der Waals surface area (Å²) in [7, 11) is 4.22. The molecule has 35 heavy (non-hydrogen) atoms. The zero-order chi connectivity index (χ0) is 26.9. The first kappa shape index (κ1) is 31.1. The average Bonchev–Trinajstić information content (AvgIpc) is 3.29. The number of thiophene rings is 1. The standard InChI is InChI=1S/C16H26N2O2S.2C2HF3O2/c1-17(2)10-15-3-5-16(20-15)12-18(6-7-19-13-16)9-14-4-8-21-11-14;2*3-2(4,5)1(6)7/h4,8,11,15H,3,5-7,9-10,12-13H2,1-2H3;2*(H,6,7). The number of carboxylic acids is 2. The molecule has 2 fully saturated rings. The lowest BCUT2D eigenvalue weighted by Gasteiger charge is -2.32. The Morgan fingerprint density at radius 1 is 1.17 bits per heavy atom. The maximum atomic E-state index is 10.6. The summed E-state index contributed by atoms with van der Waals surface area (Å²) in [5, 5.41) is 18.6. The summed E-state index contributed by atoms with van der Waals surface area (Å²) in [6.45, 7) is 5.57. The van der Waals surface area contributed by atoms with Gasteiger partial charge in [-0.15, -0.1) is 0 Å². The topological polar surface area (TPSA) is 99.5 Å². The van der Waals surface area contributed by atoms with Gasteiger partial charge in [0.1, 0.15) is 5.60 Å². The van der Waals surface area contributed by atoms with Crippen LogP contribution in [0.4, 0.5) is 26.3 Å². The molecule has 2 aliphatic rings. The third-order valence-corrected chi connectivity index (χ3v) is 5.54. The average molecular weight is 539 g/mol. The number of halogens is 6. The molecule has 0 radical (unpaired) electrons. The molecular formula is C20H28F6N2O6S. The van der Waals surface area contributed by atoms with Crippen LogP contribution in [0.1, 0.15) is 18.4 Å². The van der Waals surface area contributed by atoms with E-state index in [2.05, 4.69) is 40.7 Å². The zero-order valence-corrected chi connectivity index (χ0v) is 19.9. The summed E-state index contributed by atoms with van der Waals surface area (Å²) in [6, 6.07) is 2.22. The van der Waals surface area contributed by atoms with Crippen LogP contribution in [-0.2, 0) is 25.6 Å². The van der Waals surface area contributed by atoms with Crippen molar-refractivity contribution >= 4 is 23.3 Å². The van der Waals surface area contributed by atoms with Crippen LogP contribution in [0, 0.1) is 0 Å². The van der Waals surface area contributed by atoms with Gasteiger partial charge in [-0.3, -0.25) is 4.90 Å². The van der Waals surface area contributed by atoms with Gasteiger partial charge in [0.05, 0.1) is 19.3 Å². The molecule has 0 amide bonds. The van der Waals surface area contributed by atoms with Crippen molar-refractivity contribution in [2.24, 2.45) is 0 Å². The number of hydrogen-bond acceptors (Lipinski definition) is 7. The Kier molecular flexibility index (Phi) is 11.9. The quantitative estimate of drug-likeness (QED) is 0.564. The number of ether oxygens (including phenoxy) is 2. The van der Waals surface area contributed by atoms with Gasteiger partial charge in [0.15, 0.2) is 0 Å². The first-order valence-electron chi connectivity index (χ1n) is 10.3. The highest BCUT2D eigenvalue weighted by atomic mass is 32.1. The van der Waals surface area contributed by atoms with Crippen LogP contribution in [0.5, 0.6) is 0 Å². The molecule has 0 aliphatic carbocycles. The van der Waals surface area contributed by atoms with E-state index in [1.807, 2.05) is 0 Å². The number of hydrogen-bond donors (Lipinski definition) is 2. The monoisotopic (exact) mass is 538 g/mol. The van der Waals surface area contributed by atoms with Crippen molar-refractivity contribution in [3.8, 4) is 0 Å². The molecule has 3 rings (SSSR count). The van der Waals surface area contributed by atoms with Gasteiger partial charge in [-0.2, -0.15) is 37.7 Å². The van der Waals surface area contributed by atoms with Crippen LogP contribution in [0.25, 0.3) is 0 Å². The number of carbonyl (C=O) groups is 2. The molecule has 2 N–H and O–H groups in total. The number of nitrogens with zero attached hydrogens (tertiary/aromatic N) is 2. The van der Waals surface area contributed by atoms with Crippen molar-refractivity contribution in [3.63, 3.8) is 0 Å². The molecule has 0 aromatic carbocycles. The highest BCUT2D eigenvalue weighted by Crippen LogP contribution is 2.33. The maximum Gasteiger partial charge on any atom is 0.490 e. The fourth-order valence-corrected chi connectivity index (χ4v) is 4.07. The van der Waals surface area contributed by atoms with Crippen molar-refractivity contribution in [3.05, 3.63) is 22.4 Å². The van der Waals surface area contributed by atoms with Gasteiger partial charge in [0.2, 0.25) is 0 Å². The number of carboxylic acid groups (broad SMARTS) is 2. The smallest absolute Gasteiger partial charge is 0.475 e. The normalized spacial score (nSPS) is 23.2. The van der Waals surface area contributed by atoms with Gasteiger partial charge in [0, 0.05) is 26.2 Å². The van der Waals surface area contributed by atoms with Gasteiger partial charge in [-0.1, -0.05) is 0 Å². The molecule has 2 saturated heterocycles. The summed E-state index contributed by atoms with van der Waals surface area (Å²) in [4.78, 5) is 22.5. The Bertz CT molecular complexity index is 766. The van der Waals surface area contributed by atoms with Crippen molar-refractivity contribution in [2.45, 2.75) is 43.4 Å². The molecule has 3 heterocycles. The second-order valence-electron chi connectivity index (χ2n) is 8.22. The van der Waals surface area contributed by atoms with E-state index in [1.54, 1.807) is 11.3 Å². The largest absolute Gasteiger partial charge is 0.490 e. The van der Waals surface area contributed by atoms with Crippen molar-refractivity contribution < 1.29 is 55.6 Å². The van der Waals surface area contributed by atoms with Gasteiger partial charge in [-0.25, -0.2) is 9.59 Å². The number of aliphatic carboxylic acids is 2. The summed E-state index contributed by atoms with van der Waals surface area (Å²) in [5.74, 6) is -5.51. The van der Waals surface area contributed by atoms with E-state index in [1.165, 1.54) is 5.56 Å². The molecule has 2 atom stereocenters. The molecule has 2 unspecified atom stereocenters. The molecule has 8 nitrogen and oxygen atoms in total. The highest BCUT2D eigenvalue weighted by Gasteiger charge is 2.43. The molecule has 0 saturated carbocycles. The van der Waals surface area contributed by atoms with E-state index < -0.39 is 24.3 Å². The minimum Gasteiger partial charge on any atom is -0.475 e. The fourth-order valence-electron chi connectivity index (χ4n) is 3.41. The molecule has 202 valence electrons. The van der Waals surface area contributed by atoms with E-state index in [4.69, 9.17) is 29.3 Å². The van der Waals surface area contributed by atoms with Crippen molar-refractivity contribution in [1.29, 1.82) is 0 Å². The SMILES string of the molecule is CN(C)CC1CCC2(COCCN(Cc3ccsc3)C2)O1.O=C(O)C(F)(F)F.O=C(O)C(F)(F)F. The molecular weight excluding hydrogens is 510 g/mol. The van der Waals surface area contributed by atoms with Crippen LogP contribution in [0.3, 0.4) is 0 Å². The summed E-state index contributed by atoms with van der Waals surface area (Å²) < 4.78 is 75.8. The van der Waals surface area contributed by atoms with Gasteiger partial charge in [0.25, 0.3) is 0 Å². The van der Waals surface area contributed by atoms with Crippen molar-refractivity contribution in [2.75, 3.05) is 46.9 Å². The van der Waals surface area contributed by atoms with Crippen LogP contribution in [0.15, 0.2) is 16.8 Å². The Morgan fingerprint density at radius 3 is 2.20 bits per heavy atom. The molecule has 0 bridgehead atoms. The molecule has 15 heteroatoms. The van der Waals surface area contributed by atoms with Crippen LogP contribution in [0.2, 0.25) is 0 Å². The van der Waals surface area contributed by atoms with E-state index in [0.717, 1.165) is 52.2 Å². The molecule has 1 spiro atoms. The molecule has 1 aromatic rings. The second-order valence-corrected chi connectivity index (χ2v) is 9.00. The first-order valence-corrected chi connectivity index (χ1v) is 11.2.